The lowest BCUT2D eigenvalue weighted by Gasteiger charge is -2.19. The topological polar surface area (TPSA) is 52.3 Å². The Labute approximate surface area is 96.6 Å². The first-order chi connectivity index (χ1) is 7.40. The van der Waals surface area contributed by atoms with Gasteiger partial charge in [-0.15, -0.1) is 0 Å². The quantitative estimate of drug-likeness (QED) is 0.797. The van der Waals surface area contributed by atoms with E-state index in [9.17, 15) is 4.79 Å². The van der Waals surface area contributed by atoms with E-state index in [0.29, 0.717) is 6.61 Å². The maximum atomic E-state index is 11.6. The summed E-state index contributed by atoms with van der Waals surface area (Å²) in [4.78, 5) is 11.6. The molecular weight excluding hydrogens is 202 g/mol. The molecular formula is C13H19NO2. The zero-order valence-electron chi connectivity index (χ0n) is 10.1. The van der Waals surface area contributed by atoms with Crippen molar-refractivity contribution in [1.29, 1.82) is 0 Å². The number of rotatable bonds is 3. The monoisotopic (exact) mass is 221 g/mol. The van der Waals surface area contributed by atoms with Crippen molar-refractivity contribution in [2.24, 2.45) is 11.1 Å². The first-order valence-corrected chi connectivity index (χ1v) is 5.37. The fourth-order valence-electron chi connectivity index (χ4n) is 1.17. The molecule has 0 spiro atoms. The number of benzene rings is 1. The molecule has 0 heterocycles. The van der Waals surface area contributed by atoms with E-state index in [1.54, 1.807) is 0 Å². The van der Waals surface area contributed by atoms with Gasteiger partial charge in [0.15, 0.2) is 0 Å². The van der Waals surface area contributed by atoms with Crippen molar-refractivity contribution in [1.82, 2.24) is 0 Å². The average Bonchev–Trinajstić information content (AvgIpc) is 2.25. The van der Waals surface area contributed by atoms with Crippen LogP contribution in [0.1, 0.15) is 32.4 Å². The molecule has 2 N–H and O–H groups in total. The highest BCUT2D eigenvalue weighted by Gasteiger charge is 2.20. The van der Waals surface area contributed by atoms with Crippen LogP contribution in [0, 0.1) is 5.41 Å². The van der Waals surface area contributed by atoms with Gasteiger partial charge in [-0.25, -0.2) is 4.79 Å². The predicted octanol–water partition coefficient (Wildman–Crippen LogP) is 2.28. The van der Waals surface area contributed by atoms with E-state index < -0.39 is 6.04 Å². The van der Waals surface area contributed by atoms with Gasteiger partial charge in [0.25, 0.3) is 0 Å². The zero-order chi connectivity index (χ0) is 12.2. The third-order valence-corrected chi connectivity index (χ3v) is 2.06. The molecule has 0 aliphatic carbocycles. The maximum Gasteiger partial charge on any atom is 0.327 e. The standard InChI is InChI=1S/C13H19NO2/c1-13(2,3)9-16-12(15)11(14)10-7-5-4-6-8-10/h4-8,11H,9,14H2,1-3H3/t11-/m1/s1. The van der Waals surface area contributed by atoms with Crippen LogP contribution in [-0.4, -0.2) is 12.6 Å². The van der Waals surface area contributed by atoms with E-state index in [1.165, 1.54) is 0 Å². The van der Waals surface area contributed by atoms with Gasteiger partial charge in [0.05, 0.1) is 6.61 Å². The normalized spacial score (nSPS) is 13.2. The van der Waals surface area contributed by atoms with Gasteiger partial charge < -0.3 is 10.5 Å². The third-order valence-electron chi connectivity index (χ3n) is 2.06. The van der Waals surface area contributed by atoms with Gasteiger partial charge in [-0.3, -0.25) is 0 Å². The smallest absolute Gasteiger partial charge is 0.327 e. The molecule has 0 aliphatic heterocycles. The van der Waals surface area contributed by atoms with Crippen molar-refractivity contribution in [3.63, 3.8) is 0 Å². The van der Waals surface area contributed by atoms with Gasteiger partial charge in [0.2, 0.25) is 0 Å². The summed E-state index contributed by atoms with van der Waals surface area (Å²) in [6.45, 7) is 6.41. The van der Waals surface area contributed by atoms with Crippen LogP contribution in [-0.2, 0) is 9.53 Å². The van der Waals surface area contributed by atoms with Gasteiger partial charge >= 0.3 is 5.97 Å². The van der Waals surface area contributed by atoms with Crippen LogP contribution in [0.4, 0.5) is 0 Å². The Bertz CT molecular complexity index is 341. The summed E-state index contributed by atoms with van der Waals surface area (Å²) in [5.74, 6) is -0.374. The molecule has 0 radical (unpaired) electrons. The van der Waals surface area contributed by atoms with Crippen molar-refractivity contribution in [3.8, 4) is 0 Å². The summed E-state index contributed by atoms with van der Waals surface area (Å²) in [5.41, 5.74) is 6.54. The van der Waals surface area contributed by atoms with Crippen LogP contribution in [0.5, 0.6) is 0 Å². The number of esters is 1. The molecule has 3 heteroatoms. The van der Waals surface area contributed by atoms with Crippen molar-refractivity contribution < 1.29 is 9.53 Å². The highest BCUT2D eigenvalue weighted by Crippen LogP contribution is 2.16. The molecule has 0 saturated carbocycles. The number of nitrogens with two attached hydrogens (primary N) is 1. The van der Waals surface area contributed by atoms with E-state index in [4.69, 9.17) is 10.5 Å². The van der Waals surface area contributed by atoms with Crippen LogP contribution in [0.15, 0.2) is 30.3 Å². The number of hydrogen-bond donors (Lipinski definition) is 1. The van der Waals surface area contributed by atoms with Crippen LogP contribution >= 0.6 is 0 Å². The van der Waals surface area contributed by atoms with E-state index >= 15 is 0 Å². The van der Waals surface area contributed by atoms with Crippen molar-refractivity contribution in [2.75, 3.05) is 6.61 Å². The molecule has 3 nitrogen and oxygen atoms in total. The lowest BCUT2D eigenvalue weighted by molar-refractivity contribution is -0.148. The van der Waals surface area contributed by atoms with E-state index in [1.807, 2.05) is 51.1 Å². The Morgan fingerprint density at radius 1 is 1.31 bits per heavy atom. The molecule has 0 fully saturated rings. The highest BCUT2D eigenvalue weighted by molar-refractivity contribution is 5.77. The Kier molecular flexibility index (Phi) is 4.07. The molecule has 1 aromatic rings. The minimum atomic E-state index is -0.691. The minimum Gasteiger partial charge on any atom is -0.464 e. The summed E-state index contributed by atoms with van der Waals surface area (Å²) in [6.07, 6.45) is 0. The summed E-state index contributed by atoms with van der Waals surface area (Å²) in [6, 6.07) is 8.55. The Hall–Kier alpha value is -1.35. The van der Waals surface area contributed by atoms with Crippen molar-refractivity contribution in [3.05, 3.63) is 35.9 Å². The highest BCUT2D eigenvalue weighted by atomic mass is 16.5. The molecule has 1 atom stereocenters. The van der Waals surface area contributed by atoms with Crippen molar-refractivity contribution in [2.45, 2.75) is 26.8 Å². The largest absolute Gasteiger partial charge is 0.464 e. The second-order valence-corrected chi connectivity index (χ2v) is 5.06. The third kappa shape index (κ3) is 4.03. The average molecular weight is 221 g/mol. The first-order valence-electron chi connectivity index (χ1n) is 5.37. The maximum absolute atomic E-state index is 11.6. The number of hydrogen-bond acceptors (Lipinski definition) is 3. The van der Waals surface area contributed by atoms with Crippen LogP contribution in [0.3, 0.4) is 0 Å². The Morgan fingerprint density at radius 2 is 1.88 bits per heavy atom. The molecule has 1 aromatic carbocycles. The second kappa shape index (κ2) is 5.12. The molecule has 88 valence electrons. The summed E-state index contributed by atoms with van der Waals surface area (Å²) >= 11 is 0. The molecule has 0 bridgehead atoms. The molecule has 0 unspecified atom stereocenters. The van der Waals surface area contributed by atoms with E-state index in [2.05, 4.69) is 0 Å². The fourth-order valence-corrected chi connectivity index (χ4v) is 1.17. The summed E-state index contributed by atoms with van der Waals surface area (Å²) < 4.78 is 5.16. The van der Waals surface area contributed by atoms with Crippen LogP contribution in [0.25, 0.3) is 0 Å². The predicted molar refractivity (Wildman–Crippen MR) is 63.8 cm³/mol. The first kappa shape index (κ1) is 12.7. The van der Waals surface area contributed by atoms with Crippen molar-refractivity contribution >= 4 is 5.97 Å². The zero-order valence-corrected chi connectivity index (χ0v) is 10.1. The van der Waals surface area contributed by atoms with Gasteiger partial charge in [-0.1, -0.05) is 51.1 Å². The van der Waals surface area contributed by atoms with Gasteiger partial charge in [0.1, 0.15) is 6.04 Å². The van der Waals surface area contributed by atoms with Gasteiger partial charge in [-0.05, 0) is 11.0 Å². The van der Waals surface area contributed by atoms with E-state index in [0.717, 1.165) is 5.56 Å². The SMILES string of the molecule is CC(C)(C)COC(=O)[C@H](N)c1ccccc1. The summed E-state index contributed by atoms with van der Waals surface area (Å²) in [5, 5.41) is 0. The number of carbonyl (C=O) groups excluding carboxylic acids is 1. The molecule has 0 aromatic heterocycles. The lowest BCUT2D eigenvalue weighted by atomic mass is 9.98. The van der Waals surface area contributed by atoms with Gasteiger partial charge in [0, 0.05) is 0 Å². The Balaban J connectivity index is 2.55. The summed E-state index contributed by atoms with van der Waals surface area (Å²) in [7, 11) is 0. The van der Waals surface area contributed by atoms with E-state index in [-0.39, 0.29) is 11.4 Å². The minimum absolute atomic E-state index is 0.0356. The molecule has 0 saturated heterocycles. The van der Waals surface area contributed by atoms with Crippen LogP contribution in [0.2, 0.25) is 0 Å². The lowest BCUT2D eigenvalue weighted by Crippen LogP contribution is -2.27. The Morgan fingerprint density at radius 3 is 2.38 bits per heavy atom. The fraction of sp³-hybridized carbons (Fsp3) is 0.462. The molecule has 0 aliphatic rings. The molecule has 16 heavy (non-hydrogen) atoms. The van der Waals surface area contributed by atoms with Gasteiger partial charge in [-0.2, -0.15) is 0 Å². The van der Waals surface area contributed by atoms with Crippen LogP contribution < -0.4 is 5.73 Å². The number of carbonyl (C=O) groups is 1. The molecule has 1 rings (SSSR count). The molecule has 0 amide bonds. The second-order valence-electron chi connectivity index (χ2n) is 5.06. The number of ether oxygens (including phenoxy) is 1.